The van der Waals surface area contributed by atoms with Gasteiger partial charge in [-0.2, -0.15) is 0 Å². The SMILES string of the molecule is Cc1ccc(SCCNC(=O)CC2COCCN2)cc1.Cl. The van der Waals surface area contributed by atoms with E-state index in [1.165, 1.54) is 10.5 Å². The maximum Gasteiger partial charge on any atom is 0.221 e. The number of hydrogen-bond acceptors (Lipinski definition) is 4. The van der Waals surface area contributed by atoms with Crippen molar-refractivity contribution in [2.45, 2.75) is 24.3 Å². The van der Waals surface area contributed by atoms with Crippen molar-refractivity contribution in [3.8, 4) is 0 Å². The number of carbonyl (C=O) groups is 1. The first-order valence-corrected chi connectivity index (χ1v) is 8.00. The van der Waals surface area contributed by atoms with Gasteiger partial charge in [-0.25, -0.2) is 0 Å². The van der Waals surface area contributed by atoms with Gasteiger partial charge in [0.2, 0.25) is 5.91 Å². The fraction of sp³-hybridized carbons (Fsp3) is 0.533. The summed E-state index contributed by atoms with van der Waals surface area (Å²) in [5.41, 5.74) is 1.27. The van der Waals surface area contributed by atoms with E-state index in [4.69, 9.17) is 4.74 Å². The van der Waals surface area contributed by atoms with Crippen LogP contribution in [0.3, 0.4) is 0 Å². The minimum atomic E-state index is 0. The van der Waals surface area contributed by atoms with Crippen LogP contribution in [0.1, 0.15) is 12.0 Å². The van der Waals surface area contributed by atoms with Crippen LogP contribution in [0.15, 0.2) is 29.2 Å². The highest BCUT2D eigenvalue weighted by Gasteiger charge is 2.16. The van der Waals surface area contributed by atoms with Crippen molar-refractivity contribution in [1.82, 2.24) is 10.6 Å². The van der Waals surface area contributed by atoms with E-state index in [9.17, 15) is 4.79 Å². The van der Waals surface area contributed by atoms with Crippen LogP contribution in [0.5, 0.6) is 0 Å². The van der Waals surface area contributed by atoms with E-state index in [2.05, 4.69) is 41.8 Å². The van der Waals surface area contributed by atoms with Crippen LogP contribution in [0.2, 0.25) is 0 Å². The molecule has 1 aliphatic heterocycles. The van der Waals surface area contributed by atoms with E-state index in [1.54, 1.807) is 11.8 Å². The Bertz CT molecular complexity index is 422. The summed E-state index contributed by atoms with van der Waals surface area (Å²) in [4.78, 5) is 13.0. The number of nitrogens with one attached hydrogen (secondary N) is 2. The Morgan fingerprint density at radius 1 is 1.43 bits per heavy atom. The van der Waals surface area contributed by atoms with Crippen LogP contribution >= 0.6 is 24.2 Å². The lowest BCUT2D eigenvalue weighted by Crippen LogP contribution is -2.44. The summed E-state index contributed by atoms with van der Waals surface area (Å²) in [5, 5.41) is 6.24. The Balaban J connectivity index is 0.00000220. The van der Waals surface area contributed by atoms with Crippen molar-refractivity contribution in [3.05, 3.63) is 29.8 Å². The first-order chi connectivity index (χ1) is 9.74. The van der Waals surface area contributed by atoms with Gasteiger partial charge >= 0.3 is 0 Å². The third-order valence-corrected chi connectivity index (χ3v) is 4.16. The van der Waals surface area contributed by atoms with Gasteiger partial charge in [-0.3, -0.25) is 4.79 Å². The van der Waals surface area contributed by atoms with E-state index < -0.39 is 0 Å². The second-order valence-corrected chi connectivity index (χ2v) is 6.11. The molecule has 1 unspecified atom stereocenters. The molecule has 4 nitrogen and oxygen atoms in total. The minimum Gasteiger partial charge on any atom is -0.378 e. The van der Waals surface area contributed by atoms with E-state index in [1.807, 2.05) is 0 Å². The van der Waals surface area contributed by atoms with Crippen LogP contribution in [0.25, 0.3) is 0 Å². The topological polar surface area (TPSA) is 50.4 Å². The lowest BCUT2D eigenvalue weighted by Gasteiger charge is -2.23. The Morgan fingerprint density at radius 3 is 2.86 bits per heavy atom. The molecule has 0 spiro atoms. The molecule has 0 saturated carbocycles. The van der Waals surface area contributed by atoms with Gasteiger partial charge in [0.15, 0.2) is 0 Å². The number of ether oxygens (including phenoxy) is 1. The zero-order valence-electron chi connectivity index (χ0n) is 12.3. The summed E-state index contributed by atoms with van der Waals surface area (Å²) in [6.45, 7) is 4.99. The molecule has 6 heteroatoms. The monoisotopic (exact) mass is 330 g/mol. The molecule has 0 radical (unpaired) electrons. The van der Waals surface area contributed by atoms with Crippen molar-refractivity contribution >= 4 is 30.1 Å². The molecule has 0 bridgehead atoms. The number of amides is 1. The molecule has 0 aromatic heterocycles. The fourth-order valence-electron chi connectivity index (χ4n) is 2.04. The summed E-state index contributed by atoms with van der Waals surface area (Å²) in [7, 11) is 0. The summed E-state index contributed by atoms with van der Waals surface area (Å²) in [5.74, 6) is 0.987. The number of morpholine rings is 1. The van der Waals surface area contributed by atoms with E-state index >= 15 is 0 Å². The molecule has 1 aromatic rings. The van der Waals surface area contributed by atoms with Crippen LogP contribution < -0.4 is 10.6 Å². The number of hydrogen-bond donors (Lipinski definition) is 2. The van der Waals surface area contributed by atoms with E-state index in [0.29, 0.717) is 19.6 Å². The van der Waals surface area contributed by atoms with Gasteiger partial charge in [-0.15, -0.1) is 24.2 Å². The normalized spacial score (nSPS) is 17.9. The van der Waals surface area contributed by atoms with E-state index in [-0.39, 0.29) is 24.4 Å². The van der Waals surface area contributed by atoms with E-state index in [0.717, 1.165) is 18.9 Å². The largest absolute Gasteiger partial charge is 0.378 e. The number of aryl methyl sites for hydroxylation is 1. The van der Waals surface area contributed by atoms with Crippen LogP contribution in [-0.2, 0) is 9.53 Å². The molecule has 1 atom stereocenters. The molecule has 1 aromatic carbocycles. The van der Waals surface area contributed by atoms with Gasteiger partial charge in [0, 0.05) is 36.2 Å². The Hall–Kier alpha value is -0.750. The summed E-state index contributed by atoms with van der Waals surface area (Å²) in [6.07, 6.45) is 0.495. The molecule has 2 N–H and O–H groups in total. The van der Waals surface area contributed by atoms with Crippen LogP contribution in [0.4, 0.5) is 0 Å². The van der Waals surface area contributed by atoms with Gasteiger partial charge < -0.3 is 15.4 Å². The maximum absolute atomic E-state index is 11.8. The summed E-state index contributed by atoms with van der Waals surface area (Å²) in [6, 6.07) is 8.61. The molecule has 1 saturated heterocycles. The highest BCUT2D eigenvalue weighted by atomic mass is 35.5. The van der Waals surface area contributed by atoms with Gasteiger partial charge in [-0.1, -0.05) is 17.7 Å². The summed E-state index contributed by atoms with van der Waals surface area (Å²) >= 11 is 1.76. The second kappa shape index (κ2) is 10.1. The Kier molecular flexibility index (Phi) is 8.76. The molecule has 1 heterocycles. The second-order valence-electron chi connectivity index (χ2n) is 4.94. The predicted molar refractivity (Wildman–Crippen MR) is 89.4 cm³/mol. The molecule has 1 aliphatic rings. The third-order valence-electron chi connectivity index (χ3n) is 3.14. The van der Waals surface area contributed by atoms with Crippen molar-refractivity contribution in [3.63, 3.8) is 0 Å². The average Bonchev–Trinajstić information content (AvgIpc) is 2.46. The van der Waals surface area contributed by atoms with Crippen molar-refractivity contribution < 1.29 is 9.53 Å². The number of thioether (sulfide) groups is 1. The van der Waals surface area contributed by atoms with Crippen molar-refractivity contribution in [1.29, 1.82) is 0 Å². The average molecular weight is 331 g/mol. The zero-order valence-corrected chi connectivity index (χ0v) is 13.9. The molecule has 118 valence electrons. The first-order valence-electron chi connectivity index (χ1n) is 7.01. The Morgan fingerprint density at radius 2 is 2.19 bits per heavy atom. The van der Waals surface area contributed by atoms with Gasteiger partial charge in [-0.05, 0) is 19.1 Å². The highest BCUT2D eigenvalue weighted by Crippen LogP contribution is 2.17. The highest BCUT2D eigenvalue weighted by molar-refractivity contribution is 7.99. The molecular weight excluding hydrogens is 308 g/mol. The first kappa shape index (κ1) is 18.3. The smallest absolute Gasteiger partial charge is 0.221 e. The molecular formula is C15H23ClN2O2S. The van der Waals surface area contributed by atoms with Crippen LogP contribution in [0, 0.1) is 6.92 Å². The third kappa shape index (κ3) is 7.18. The quantitative estimate of drug-likeness (QED) is 0.619. The Labute approximate surface area is 136 Å². The lowest BCUT2D eigenvalue weighted by molar-refractivity contribution is -0.122. The van der Waals surface area contributed by atoms with Crippen LogP contribution in [-0.4, -0.2) is 44.0 Å². The maximum atomic E-state index is 11.8. The summed E-state index contributed by atoms with van der Waals surface area (Å²) < 4.78 is 5.33. The number of rotatable bonds is 6. The van der Waals surface area contributed by atoms with Gasteiger partial charge in [0.05, 0.1) is 13.2 Å². The number of benzene rings is 1. The zero-order chi connectivity index (χ0) is 14.2. The number of carbonyl (C=O) groups excluding carboxylic acids is 1. The predicted octanol–water partition coefficient (Wildman–Crippen LogP) is 2.00. The number of halogens is 1. The van der Waals surface area contributed by atoms with Crippen molar-refractivity contribution in [2.24, 2.45) is 0 Å². The molecule has 1 fully saturated rings. The molecule has 0 aliphatic carbocycles. The van der Waals surface area contributed by atoms with Gasteiger partial charge in [0.25, 0.3) is 0 Å². The fourth-order valence-corrected chi connectivity index (χ4v) is 2.81. The molecule has 21 heavy (non-hydrogen) atoms. The standard InChI is InChI=1S/C15H22N2O2S.ClH/c1-12-2-4-14(5-3-12)20-9-7-17-15(18)10-13-11-19-8-6-16-13;/h2-5,13,16H,6-11H2,1H3,(H,17,18);1H. The lowest BCUT2D eigenvalue weighted by atomic mass is 10.2. The van der Waals surface area contributed by atoms with Crippen molar-refractivity contribution in [2.75, 3.05) is 32.1 Å². The van der Waals surface area contributed by atoms with Gasteiger partial charge in [0.1, 0.15) is 0 Å². The molecule has 2 rings (SSSR count). The minimum absolute atomic E-state index is 0. The molecule has 1 amide bonds.